The van der Waals surface area contributed by atoms with Gasteiger partial charge in [0.15, 0.2) is 0 Å². The van der Waals surface area contributed by atoms with E-state index in [4.69, 9.17) is 10.0 Å². The van der Waals surface area contributed by atoms with Crippen LogP contribution in [0.4, 0.5) is 5.69 Å². The van der Waals surface area contributed by atoms with Crippen molar-refractivity contribution in [2.45, 2.75) is 20.8 Å². The van der Waals surface area contributed by atoms with E-state index >= 15 is 0 Å². The van der Waals surface area contributed by atoms with Gasteiger partial charge in [0.25, 0.3) is 0 Å². The molecule has 0 heterocycles. The summed E-state index contributed by atoms with van der Waals surface area (Å²) in [5.41, 5.74) is 6.12. The van der Waals surface area contributed by atoms with Crippen LogP contribution in [0.15, 0.2) is 83.9 Å². The Morgan fingerprint density at radius 2 is 1.35 bits per heavy atom. The van der Waals surface area contributed by atoms with Gasteiger partial charge >= 0.3 is 7.12 Å². The van der Waals surface area contributed by atoms with Crippen molar-refractivity contribution in [1.29, 1.82) is 0 Å². The van der Waals surface area contributed by atoms with Crippen molar-refractivity contribution < 1.29 is 10.0 Å². The second-order valence-electron chi connectivity index (χ2n) is 6.13. The van der Waals surface area contributed by atoms with Crippen molar-refractivity contribution in [1.82, 2.24) is 0 Å². The lowest BCUT2D eigenvalue weighted by atomic mass is 9.80. The second-order valence-corrected chi connectivity index (χ2v) is 6.13. The van der Waals surface area contributed by atoms with Crippen molar-refractivity contribution in [2.75, 3.05) is 0 Å². The Bertz CT molecular complexity index is 844. The van der Waals surface area contributed by atoms with Gasteiger partial charge in [-0.05, 0) is 43.4 Å². The first kappa shape index (κ1) is 19.6. The van der Waals surface area contributed by atoms with E-state index in [-0.39, 0.29) is 0 Å². The van der Waals surface area contributed by atoms with Gasteiger partial charge in [0, 0.05) is 5.71 Å². The second kappa shape index (κ2) is 9.71. The predicted octanol–water partition coefficient (Wildman–Crippen LogP) is 3.81. The average Bonchev–Trinajstić information content (AvgIpc) is 2.65. The summed E-state index contributed by atoms with van der Waals surface area (Å²) in [4.78, 5) is 4.65. The fraction of sp³-hybridized carbons (Fsp3) is 0.136. The number of rotatable bonds is 3. The van der Waals surface area contributed by atoms with Crippen LogP contribution in [-0.2, 0) is 0 Å². The molecule has 4 heteroatoms. The zero-order valence-electron chi connectivity index (χ0n) is 15.4. The number of hydrogen-bond acceptors (Lipinski definition) is 3. The fourth-order valence-corrected chi connectivity index (χ4v) is 2.35. The van der Waals surface area contributed by atoms with Gasteiger partial charge in [0.1, 0.15) is 0 Å². The molecule has 0 spiro atoms. The molecule has 0 radical (unpaired) electrons. The van der Waals surface area contributed by atoms with Crippen LogP contribution >= 0.6 is 0 Å². The zero-order valence-corrected chi connectivity index (χ0v) is 15.4. The molecule has 0 saturated heterocycles. The third-order valence-corrected chi connectivity index (χ3v) is 3.97. The monoisotopic (exact) mass is 345 g/mol. The first-order chi connectivity index (χ1) is 12.5. The Kier molecular flexibility index (Phi) is 7.33. The number of para-hydroxylation sites is 1. The molecule has 2 N–H and O–H groups in total. The van der Waals surface area contributed by atoms with E-state index in [1.165, 1.54) is 11.1 Å². The van der Waals surface area contributed by atoms with Crippen LogP contribution in [0.25, 0.3) is 0 Å². The van der Waals surface area contributed by atoms with E-state index in [0.717, 1.165) is 17.0 Å². The summed E-state index contributed by atoms with van der Waals surface area (Å²) in [6.45, 7) is 6.08. The minimum Gasteiger partial charge on any atom is -0.423 e. The Labute approximate surface area is 155 Å². The van der Waals surface area contributed by atoms with Crippen LogP contribution in [-0.4, -0.2) is 22.9 Å². The van der Waals surface area contributed by atoms with Crippen molar-refractivity contribution >= 4 is 24.0 Å². The van der Waals surface area contributed by atoms with E-state index < -0.39 is 7.12 Å². The average molecular weight is 345 g/mol. The lowest BCUT2D eigenvalue weighted by Crippen LogP contribution is -2.29. The summed E-state index contributed by atoms with van der Waals surface area (Å²) < 4.78 is 0. The van der Waals surface area contributed by atoms with Crippen LogP contribution in [0.2, 0.25) is 0 Å². The topological polar surface area (TPSA) is 52.8 Å². The van der Waals surface area contributed by atoms with E-state index in [1.54, 1.807) is 12.1 Å². The summed E-state index contributed by atoms with van der Waals surface area (Å²) in [5, 5.41) is 17.3. The maximum atomic E-state index is 8.67. The lowest BCUT2D eigenvalue weighted by Gasteiger charge is -2.03. The maximum absolute atomic E-state index is 8.67. The largest absolute Gasteiger partial charge is 0.488 e. The molecule has 0 aliphatic carbocycles. The van der Waals surface area contributed by atoms with Crippen molar-refractivity contribution in [3.05, 3.63) is 95.6 Å². The summed E-state index contributed by atoms with van der Waals surface area (Å²) >= 11 is 0. The highest BCUT2D eigenvalue weighted by Gasteiger charge is 2.08. The minimum atomic E-state index is -1.35. The Morgan fingerprint density at radius 3 is 1.92 bits per heavy atom. The van der Waals surface area contributed by atoms with Crippen LogP contribution in [0.1, 0.15) is 23.6 Å². The molecule has 0 aromatic heterocycles. The summed E-state index contributed by atoms with van der Waals surface area (Å²) in [6.07, 6.45) is 0. The number of benzene rings is 3. The quantitative estimate of drug-likeness (QED) is 0.560. The highest BCUT2D eigenvalue weighted by atomic mass is 16.4. The van der Waals surface area contributed by atoms with Gasteiger partial charge in [-0.15, -0.1) is 0 Å². The standard InChI is InChI=1S/C15H15N.C7H9BO2/c1-12-8-6-7-11-15(12)16-13(2)14-9-4-3-5-10-14;1-6-2-4-7(5-3-6)8(9)10/h3-11H,1-2H3;2-5,9-10H,1H3. The summed E-state index contributed by atoms with van der Waals surface area (Å²) in [5.74, 6) is 0. The van der Waals surface area contributed by atoms with Gasteiger partial charge in [-0.3, -0.25) is 4.99 Å². The predicted molar refractivity (Wildman–Crippen MR) is 110 cm³/mol. The van der Waals surface area contributed by atoms with Crippen LogP contribution in [0.3, 0.4) is 0 Å². The van der Waals surface area contributed by atoms with Crippen molar-refractivity contribution in [2.24, 2.45) is 4.99 Å². The molecule has 26 heavy (non-hydrogen) atoms. The molecule has 3 rings (SSSR count). The van der Waals surface area contributed by atoms with Crippen LogP contribution < -0.4 is 5.46 Å². The number of nitrogens with zero attached hydrogens (tertiary/aromatic N) is 1. The SMILES string of the molecule is CC(=Nc1ccccc1C)c1ccccc1.Cc1ccc(B(O)O)cc1. The zero-order chi connectivity index (χ0) is 18.9. The molecule has 0 fully saturated rings. The molecule has 0 unspecified atom stereocenters. The van der Waals surface area contributed by atoms with Crippen LogP contribution in [0.5, 0.6) is 0 Å². The molecule has 3 aromatic carbocycles. The molecule has 0 atom stereocenters. The molecule has 3 aromatic rings. The molecule has 0 aliphatic heterocycles. The number of aryl methyl sites for hydroxylation is 2. The highest BCUT2D eigenvalue weighted by Crippen LogP contribution is 2.18. The third kappa shape index (κ3) is 5.99. The summed E-state index contributed by atoms with van der Waals surface area (Å²) in [7, 11) is -1.35. The summed E-state index contributed by atoms with van der Waals surface area (Å²) in [6, 6.07) is 25.5. The fourth-order valence-electron chi connectivity index (χ4n) is 2.35. The van der Waals surface area contributed by atoms with Crippen molar-refractivity contribution in [3.63, 3.8) is 0 Å². The molecule has 0 saturated carbocycles. The van der Waals surface area contributed by atoms with Crippen molar-refractivity contribution in [3.8, 4) is 0 Å². The van der Waals surface area contributed by atoms with E-state index in [0.29, 0.717) is 5.46 Å². The molecule has 3 nitrogen and oxygen atoms in total. The molecule has 0 amide bonds. The first-order valence-corrected chi connectivity index (χ1v) is 8.56. The van der Waals surface area contributed by atoms with Gasteiger partial charge < -0.3 is 10.0 Å². The smallest absolute Gasteiger partial charge is 0.423 e. The molecule has 132 valence electrons. The molecule has 0 bridgehead atoms. The van der Waals surface area contributed by atoms with Gasteiger partial charge in [0.05, 0.1) is 5.69 Å². The van der Waals surface area contributed by atoms with E-state index in [1.807, 2.05) is 62.4 Å². The van der Waals surface area contributed by atoms with E-state index in [2.05, 4.69) is 30.1 Å². The molecular weight excluding hydrogens is 321 g/mol. The molecular formula is C22H24BNO2. The minimum absolute atomic E-state index is 0.533. The maximum Gasteiger partial charge on any atom is 0.488 e. The van der Waals surface area contributed by atoms with E-state index in [9.17, 15) is 0 Å². The van der Waals surface area contributed by atoms with Crippen LogP contribution in [0, 0.1) is 13.8 Å². The lowest BCUT2D eigenvalue weighted by molar-refractivity contribution is 0.426. The normalized spacial score (nSPS) is 10.7. The Balaban J connectivity index is 0.000000209. The third-order valence-electron chi connectivity index (χ3n) is 3.97. The van der Waals surface area contributed by atoms with Gasteiger partial charge in [-0.2, -0.15) is 0 Å². The first-order valence-electron chi connectivity index (χ1n) is 8.56. The van der Waals surface area contributed by atoms with Gasteiger partial charge in [-0.25, -0.2) is 0 Å². The Morgan fingerprint density at radius 1 is 0.769 bits per heavy atom. The Hall–Kier alpha value is -2.69. The number of hydrogen-bond donors (Lipinski definition) is 2. The molecule has 0 aliphatic rings. The van der Waals surface area contributed by atoms with Gasteiger partial charge in [0.2, 0.25) is 0 Å². The van der Waals surface area contributed by atoms with Gasteiger partial charge in [-0.1, -0.05) is 78.4 Å². The highest BCUT2D eigenvalue weighted by molar-refractivity contribution is 6.58. The number of aliphatic imine (C=N–C) groups is 1.